The topological polar surface area (TPSA) is 83.4 Å². The number of nitrogens with one attached hydrogen (secondary N) is 1. The maximum Gasteiger partial charge on any atom is 0.338 e. The van der Waals surface area contributed by atoms with Crippen molar-refractivity contribution in [1.82, 2.24) is 0 Å². The number of benzene rings is 3. The molecule has 7 nitrogen and oxygen atoms in total. The van der Waals surface area contributed by atoms with E-state index in [0.717, 1.165) is 11.4 Å². The Bertz CT molecular complexity index is 1060. The van der Waals surface area contributed by atoms with Crippen LogP contribution in [0.15, 0.2) is 83.0 Å². The Kier molecular flexibility index (Phi) is 7.11. The van der Waals surface area contributed by atoms with Crippen molar-refractivity contribution in [1.29, 1.82) is 0 Å². The minimum atomic E-state index is -0.390. The third-order valence-electron chi connectivity index (χ3n) is 4.43. The maximum absolute atomic E-state index is 12.5. The Morgan fingerprint density at radius 1 is 0.806 bits per heavy atom. The molecule has 31 heavy (non-hydrogen) atoms. The largest absolute Gasteiger partial charge is 0.462 e. The summed E-state index contributed by atoms with van der Waals surface area (Å²) in [6.07, 6.45) is 0. The maximum atomic E-state index is 12.5. The first-order valence-electron chi connectivity index (χ1n) is 9.84. The van der Waals surface area contributed by atoms with E-state index in [-0.39, 0.29) is 5.91 Å². The highest BCUT2D eigenvalue weighted by molar-refractivity contribution is 6.04. The van der Waals surface area contributed by atoms with Gasteiger partial charge in [-0.2, -0.15) is 10.2 Å². The lowest BCUT2D eigenvalue weighted by molar-refractivity contribution is 0.0526. The molecule has 1 N–H and O–H groups in total. The van der Waals surface area contributed by atoms with Gasteiger partial charge in [0.1, 0.15) is 0 Å². The lowest BCUT2D eigenvalue weighted by Gasteiger charge is -2.11. The smallest absolute Gasteiger partial charge is 0.338 e. The average molecular weight is 416 g/mol. The summed E-state index contributed by atoms with van der Waals surface area (Å²) in [4.78, 5) is 26.2. The third kappa shape index (κ3) is 5.99. The van der Waals surface area contributed by atoms with Gasteiger partial charge in [0.2, 0.25) is 0 Å². The summed E-state index contributed by atoms with van der Waals surface area (Å²) in [5.41, 5.74) is 3.99. The van der Waals surface area contributed by atoms with E-state index < -0.39 is 5.97 Å². The number of amides is 1. The number of carbonyl (C=O) groups is 2. The lowest BCUT2D eigenvalue weighted by Crippen LogP contribution is -2.12. The van der Waals surface area contributed by atoms with Gasteiger partial charge >= 0.3 is 5.97 Å². The molecule has 3 aromatic carbocycles. The molecule has 0 aromatic heterocycles. The molecule has 158 valence electrons. The van der Waals surface area contributed by atoms with Gasteiger partial charge in [-0.1, -0.05) is 0 Å². The standard InChI is InChI=1S/C24H24N4O3/c1-4-31-24(30)18-7-9-19(10-8-18)25-23(29)17-5-11-20(12-6-17)26-27-21-13-15-22(16-14-21)28(2)3/h5-16H,4H2,1-3H3,(H,25,29). The zero-order valence-electron chi connectivity index (χ0n) is 17.7. The highest BCUT2D eigenvalue weighted by Gasteiger charge is 2.09. The van der Waals surface area contributed by atoms with Crippen molar-refractivity contribution in [3.63, 3.8) is 0 Å². The molecule has 0 saturated carbocycles. The second-order valence-corrected chi connectivity index (χ2v) is 6.91. The van der Waals surface area contributed by atoms with Crippen LogP contribution in [0.4, 0.5) is 22.7 Å². The van der Waals surface area contributed by atoms with Crippen LogP contribution in [0.5, 0.6) is 0 Å². The zero-order valence-corrected chi connectivity index (χ0v) is 17.7. The molecule has 0 aliphatic carbocycles. The Morgan fingerprint density at radius 2 is 1.32 bits per heavy atom. The first kappa shape index (κ1) is 21.7. The SMILES string of the molecule is CCOC(=O)c1ccc(NC(=O)c2ccc(N=Nc3ccc(N(C)C)cc3)cc2)cc1. The molecule has 7 heteroatoms. The van der Waals surface area contributed by atoms with Crippen molar-refractivity contribution in [3.05, 3.63) is 83.9 Å². The Balaban J connectivity index is 1.60. The summed E-state index contributed by atoms with van der Waals surface area (Å²) in [5, 5.41) is 11.2. The van der Waals surface area contributed by atoms with Gasteiger partial charge in [-0.15, -0.1) is 0 Å². The molecule has 0 heterocycles. The molecular formula is C24H24N4O3. The molecule has 0 atom stereocenters. The van der Waals surface area contributed by atoms with E-state index in [2.05, 4.69) is 15.5 Å². The van der Waals surface area contributed by atoms with Crippen LogP contribution < -0.4 is 10.2 Å². The molecule has 3 rings (SSSR count). The van der Waals surface area contributed by atoms with Gasteiger partial charge in [0, 0.05) is 31.0 Å². The zero-order chi connectivity index (χ0) is 22.2. The van der Waals surface area contributed by atoms with Crippen molar-refractivity contribution in [3.8, 4) is 0 Å². The predicted octanol–water partition coefficient (Wildman–Crippen LogP) is 5.60. The molecule has 0 fully saturated rings. The van der Waals surface area contributed by atoms with Gasteiger partial charge < -0.3 is 15.0 Å². The predicted molar refractivity (Wildman–Crippen MR) is 122 cm³/mol. The van der Waals surface area contributed by atoms with Gasteiger partial charge in [0.25, 0.3) is 5.91 Å². The summed E-state index contributed by atoms with van der Waals surface area (Å²) in [6, 6.07) is 21.1. The van der Waals surface area contributed by atoms with Crippen LogP contribution in [0.25, 0.3) is 0 Å². The van der Waals surface area contributed by atoms with E-state index in [0.29, 0.717) is 29.1 Å². The van der Waals surface area contributed by atoms with Crippen molar-refractivity contribution >= 4 is 34.6 Å². The lowest BCUT2D eigenvalue weighted by atomic mass is 10.1. The van der Waals surface area contributed by atoms with E-state index in [9.17, 15) is 9.59 Å². The summed E-state index contributed by atoms with van der Waals surface area (Å²) < 4.78 is 4.95. The van der Waals surface area contributed by atoms with Crippen LogP contribution in [-0.2, 0) is 4.74 Å². The van der Waals surface area contributed by atoms with Crippen LogP contribution in [0, 0.1) is 0 Å². The summed E-state index contributed by atoms with van der Waals surface area (Å²) in [5.74, 6) is -0.648. The van der Waals surface area contributed by atoms with Crippen molar-refractivity contribution < 1.29 is 14.3 Å². The molecule has 0 aliphatic rings. The first-order valence-corrected chi connectivity index (χ1v) is 9.84. The minimum absolute atomic E-state index is 0.258. The van der Waals surface area contributed by atoms with Gasteiger partial charge in [-0.3, -0.25) is 4.79 Å². The highest BCUT2D eigenvalue weighted by atomic mass is 16.5. The molecule has 0 radical (unpaired) electrons. The van der Waals surface area contributed by atoms with Crippen LogP contribution in [0.3, 0.4) is 0 Å². The molecular weight excluding hydrogens is 392 g/mol. The second-order valence-electron chi connectivity index (χ2n) is 6.91. The van der Waals surface area contributed by atoms with Gasteiger partial charge in [-0.25, -0.2) is 4.79 Å². The summed E-state index contributed by atoms with van der Waals surface area (Å²) in [6.45, 7) is 2.07. The van der Waals surface area contributed by atoms with Crippen LogP contribution >= 0.6 is 0 Å². The number of hydrogen-bond acceptors (Lipinski definition) is 6. The molecule has 3 aromatic rings. The van der Waals surface area contributed by atoms with Gasteiger partial charge in [-0.05, 0) is 79.7 Å². The second kappa shape index (κ2) is 10.2. The fourth-order valence-electron chi connectivity index (χ4n) is 2.72. The normalized spacial score (nSPS) is 10.7. The number of rotatable bonds is 7. The summed E-state index contributed by atoms with van der Waals surface area (Å²) in [7, 11) is 3.96. The fourth-order valence-corrected chi connectivity index (χ4v) is 2.72. The monoisotopic (exact) mass is 416 g/mol. The van der Waals surface area contributed by atoms with E-state index in [1.54, 1.807) is 55.5 Å². The average Bonchev–Trinajstić information content (AvgIpc) is 2.79. The van der Waals surface area contributed by atoms with Crippen molar-refractivity contribution in [2.75, 3.05) is 30.9 Å². The van der Waals surface area contributed by atoms with Gasteiger partial charge in [0.15, 0.2) is 0 Å². The number of carbonyl (C=O) groups excluding carboxylic acids is 2. The number of esters is 1. The Hall–Kier alpha value is -4.00. The van der Waals surface area contributed by atoms with Crippen LogP contribution in [0.1, 0.15) is 27.6 Å². The van der Waals surface area contributed by atoms with Gasteiger partial charge in [0.05, 0.1) is 23.5 Å². The number of azo groups is 1. The van der Waals surface area contributed by atoms with E-state index in [1.165, 1.54) is 0 Å². The van der Waals surface area contributed by atoms with E-state index >= 15 is 0 Å². The third-order valence-corrected chi connectivity index (χ3v) is 4.43. The molecule has 1 amide bonds. The fraction of sp³-hybridized carbons (Fsp3) is 0.167. The minimum Gasteiger partial charge on any atom is -0.462 e. The van der Waals surface area contributed by atoms with Crippen molar-refractivity contribution in [2.24, 2.45) is 10.2 Å². The highest BCUT2D eigenvalue weighted by Crippen LogP contribution is 2.22. The number of nitrogens with zero attached hydrogens (tertiary/aromatic N) is 3. The molecule has 0 unspecified atom stereocenters. The summed E-state index contributed by atoms with van der Waals surface area (Å²) >= 11 is 0. The van der Waals surface area contributed by atoms with Crippen molar-refractivity contribution in [2.45, 2.75) is 6.92 Å². The van der Waals surface area contributed by atoms with E-state index in [1.807, 2.05) is 43.3 Å². The Morgan fingerprint density at radius 3 is 1.84 bits per heavy atom. The van der Waals surface area contributed by atoms with Crippen LogP contribution in [0.2, 0.25) is 0 Å². The molecule has 0 bridgehead atoms. The molecule has 0 aliphatic heterocycles. The molecule has 0 saturated heterocycles. The molecule has 0 spiro atoms. The first-order chi connectivity index (χ1) is 15.0. The van der Waals surface area contributed by atoms with Crippen LogP contribution in [-0.4, -0.2) is 32.6 Å². The number of anilines is 2. The Labute approximate surface area is 181 Å². The number of ether oxygens (including phenoxy) is 1. The number of hydrogen-bond donors (Lipinski definition) is 1. The van der Waals surface area contributed by atoms with E-state index in [4.69, 9.17) is 4.74 Å². The quantitative estimate of drug-likeness (QED) is 0.402.